The van der Waals surface area contributed by atoms with E-state index in [1.807, 2.05) is 18.2 Å². The molecule has 0 unspecified atom stereocenters. The summed E-state index contributed by atoms with van der Waals surface area (Å²) in [7, 11) is -3.30. The smallest absolute Gasteiger partial charge is 0.232 e. The van der Waals surface area contributed by atoms with Gasteiger partial charge in [0, 0.05) is 22.8 Å². The molecule has 0 aliphatic carbocycles. The van der Waals surface area contributed by atoms with Crippen LogP contribution in [0, 0.1) is 0 Å². The largest absolute Gasteiger partial charge is 0.326 e. The number of sulfonamides is 1. The highest BCUT2D eigenvalue weighted by molar-refractivity contribution is 7.92. The summed E-state index contributed by atoms with van der Waals surface area (Å²) in [5, 5.41) is 3.43. The minimum atomic E-state index is -3.30. The molecular formula is C17H19ClN2O3S. The normalized spacial score (nSPS) is 11.1. The van der Waals surface area contributed by atoms with E-state index in [0.29, 0.717) is 29.2 Å². The summed E-state index contributed by atoms with van der Waals surface area (Å²) in [6, 6.07) is 13.9. The van der Waals surface area contributed by atoms with Gasteiger partial charge in [-0.15, -0.1) is 0 Å². The molecule has 0 aliphatic rings. The number of aryl methyl sites for hydroxylation is 1. The van der Waals surface area contributed by atoms with Gasteiger partial charge in [-0.25, -0.2) is 8.42 Å². The number of hydrogen-bond donors (Lipinski definition) is 2. The molecule has 0 radical (unpaired) electrons. The van der Waals surface area contributed by atoms with Gasteiger partial charge in [0.1, 0.15) is 0 Å². The van der Waals surface area contributed by atoms with E-state index >= 15 is 0 Å². The number of nitrogens with one attached hydrogen (secondary N) is 2. The van der Waals surface area contributed by atoms with Gasteiger partial charge < -0.3 is 5.32 Å². The summed E-state index contributed by atoms with van der Waals surface area (Å²) in [5.41, 5.74) is 2.08. The molecule has 0 aromatic heterocycles. The van der Waals surface area contributed by atoms with Crippen molar-refractivity contribution in [3.8, 4) is 0 Å². The van der Waals surface area contributed by atoms with Gasteiger partial charge in [0.15, 0.2) is 0 Å². The maximum atomic E-state index is 12.0. The second-order valence-corrected chi connectivity index (χ2v) is 7.71. The fourth-order valence-electron chi connectivity index (χ4n) is 2.05. The Morgan fingerprint density at radius 3 is 2.38 bits per heavy atom. The van der Waals surface area contributed by atoms with Crippen molar-refractivity contribution >= 4 is 38.9 Å². The van der Waals surface area contributed by atoms with Gasteiger partial charge in [-0.3, -0.25) is 9.52 Å². The molecule has 0 bridgehead atoms. The van der Waals surface area contributed by atoms with Crippen LogP contribution in [0.5, 0.6) is 0 Å². The Kier molecular flexibility index (Phi) is 6.23. The number of carbonyl (C=O) groups is 1. The lowest BCUT2D eigenvalue weighted by molar-refractivity contribution is -0.116. The Labute approximate surface area is 147 Å². The second kappa shape index (κ2) is 8.17. The lowest BCUT2D eigenvalue weighted by Crippen LogP contribution is -2.15. The van der Waals surface area contributed by atoms with Crippen molar-refractivity contribution in [3.63, 3.8) is 0 Å². The van der Waals surface area contributed by atoms with Gasteiger partial charge in [-0.05, 0) is 55.3 Å². The van der Waals surface area contributed by atoms with Crippen molar-refractivity contribution in [2.45, 2.75) is 19.8 Å². The van der Waals surface area contributed by atoms with E-state index in [1.54, 1.807) is 37.3 Å². The first-order valence-corrected chi connectivity index (χ1v) is 9.56. The van der Waals surface area contributed by atoms with Crippen molar-refractivity contribution in [1.29, 1.82) is 0 Å². The van der Waals surface area contributed by atoms with Crippen LogP contribution in [0.1, 0.15) is 18.9 Å². The average molecular weight is 367 g/mol. The highest BCUT2D eigenvalue weighted by atomic mass is 35.5. The van der Waals surface area contributed by atoms with Crippen LogP contribution < -0.4 is 10.0 Å². The van der Waals surface area contributed by atoms with E-state index in [9.17, 15) is 13.2 Å². The van der Waals surface area contributed by atoms with Crippen LogP contribution in [0.4, 0.5) is 11.4 Å². The second-order valence-electron chi connectivity index (χ2n) is 5.26. The van der Waals surface area contributed by atoms with E-state index in [2.05, 4.69) is 10.0 Å². The molecular weight excluding hydrogens is 348 g/mol. The third-order valence-electron chi connectivity index (χ3n) is 3.35. The molecule has 128 valence electrons. The summed E-state index contributed by atoms with van der Waals surface area (Å²) in [4.78, 5) is 12.0. The maximum Gasteiger partial charge on any atom is 0.232 e. The molecule has 2 N–H and O–H groups in total. The summed E-state index contributed by atoms with van der Waals surface area (Å²) < 4.78 is 25.4. The van der Waals surface area contributed by atoms with Crippen LogP contribution >= 0.6 is 11.6 Å². The molecule has 0 spiro atoms. The van der Waals surface area contributed by atoms with Crippen molar-refractivity contribution in [2.24, 2.45) is 0 Å². The number of benzene rings is 2. The van der Waals surface area contributed by atoms with Crippen LogP contribution in [-0.4, -0.2) is 20.1 Å². The number of anilines is 2. The zero-order valence-corrected chi connectivity index (χ0v) is 14.8. The fraction of sp³-hybridized carbons (Fsp3) is 0.235. The summed E-state index contributed by atoms with van der Waals surface area (Å²) in [6.45, 7) is 1.57. The molecule has 0 aliphatic heterocycles. The molecule has 5 nitrogen and oxygen atoms in total. The zero-order chi connectivity index (χ0) is 17.6. The monoisotopic (exact) mass is 366 g/mol. The first-order valence-electron chi connectivity index (χ1n) is 7.53. The van der Waals surface area contributed by atoms with Crippen LogP contribution in [0.2, 0.25) is 5.02 Å². The molecule has 0 heterocycles. The molecule has 24 heavy (non-hydrogen) atoms. The van der Waals surface area contributed by atoms with Crippen molar-refractivity contribution < 1.29 is 13.2 Å². The van der Waals surface area contributed by atoms with Gasteiger partial charge in [0.05, 0.1) is 5.75 Å². The topological polar surface area (TPSA) is 75.3 Å². The van der Waals surface area contributed by atoms with Gasteiger partial charge in [-0.2, -0.15) is 0 Å². The maximum absolute atomic E-state index is 12.0. The Hall–Kier alpha value is -2.05. The summed E-state index contributed by atoms with van der Waals surface area (Å²) in [5.74, 6) is -0.105. The first-order chi connectivity index (χ1) is 11.4. The molecule has 2 aromatic carbocycles. The van der Waals surface area contributed by atoms with Gasteiger partial charge >= 0.3 is 0 Å². The molecule has 7 heteroatoms. The standard InChI is InChI=1S/C17H19ClN2O3S/c1-2-24(22,23)20-16-9-7-15(8-10-16)19-17(21)11-6-13-4-3-5-14(18)12-13/h3-5,7-10,12,20H,2,6,11H2,1H3,(H,19,21). The van der Waals surface area contributed by atoms with Crippen molar-refractivity contribution in [1.82, 2.24) is 0 Å². The minimum Gasteiger partial charge on any atom is -0.326 e. The molecule has 0 atom stereocenters. The Morgan fingerprint density at radius 1 is 1.08 bits per heavy atom. The van der Waals surface area contributed by atoms with E-state index in [-0.39, 0.29) is 11.7 Å². The average Bonchev–Trinajstić information content (AvgIpc) is 2.55. The SMILES string of the molecule is CCS(=O)(=O)Nc1ccc(NC(=O)CCc2cccc(Cl)c2)cc1. The molecule has 0 saturated heterocycles. The molecule has 1 amide bonds. The molecule has 0 saturated carbocycles. The predicted octanol–water partition coefficient (Wildman–Crippen LogP) is 3.67. The van der Waals surface area contributed by atoms with Gasteiger partial charge in [-0.1, -0.05) is 23.7 Å². The van der Waals surface area contributed by atoms with E-state index in [0.717, 1.165) is 5.56 Å². The third kappa shape index (κ3) is 5.86. The van der Waals surface area contributed by atoms with Gasteiger partial charge in [0.25, 0.3) is 0 Å². The number of carbonyl (C=O) groups excluding carboxylic acids is 1. The highest BCUT2D eigenvalue weighted by Gasteiger charge is 2.07. The van der Waals surface area contributed by atoms with Crippen LogP contribution in [-0.2, 0) is 21.2 Å². The Balaban J connectivity index is 1.88. The molecule has 2 rings (SSSR count). The number of halogens is 1. The quantitative estimate of drug-likeness (QED) is 0.785. The summed E-state index contributed by atoms with van der Waals surface area (Å²) in [6.07, 6.45) is 0.936. The van der Waals surface area contributed by atoms with Crippen LogP contribution in [0.25, 0.3) is 0 Å². The minimum absolute atomic E-state index is 0.00892. The third-order valence-corrected chi connectivity index (χ3v) is 4.89. The number of rotatable bonds is 7. The zero-order valence-electron chi connectivity index (χ0n) is 13.3. The highest BCUT2D eigenvalue weighted by Crippen LogP contribution is 2.16. The number of amides is 1. The van der Waals surface area contributed by atoms with Crippen LogP contribution in [0.3, 0.4) is 0 Å². The van der Waals surface area contributed by atoms with E-state index in [4.69, 9.17) is 11.6 Å². The van der Waals surface area contributed by atoms with E-state index in [1.165, 1.54) is 0 Å². The van der Waals surface area contributed by atoms with E-state index < -0.39 is 10.0 Å². The molecule has 2 aromatic rings. The van der Waals surface area contributed by atoms with Crippen molar-refractivity contribution in [3.05, 3.63) is 59.1 Å². The predicted molar refractivity (Wildman–Crippen MR) is 97.9 cm³/mol. The van der Waals surface area contributed by atoms with Crippen molar-refractivity contribution in [2.75, 3.05) is 15.8 Å². The van der Waals surface area contributed by atoms with Gasteiger partial charge in [0.2, 0.25) is 15.9 Å². The lowest BCUT2D eigenvalue weighted by atomic mass is 10.1. The Bertz CT molecular complexity index is 805. The molecule has 0 fully saturated rings. The number of hydrogen-bond acceptors (Lipinski definition) is 3. The lowest BCUT2D eigenvalue weighted by Gasteiger charge is -2.08. The summed E-state index contributed by atoms with van der Waals surface area (Å²) >= 11 is 5.91. The fourth-order valence-corrected chi connectivity index (χ4v) is 2.90. The van der Waals surface area contributed by atoms with Crippen LogP contribution in [0.15, 0.2) is 48.5 Å². The first kappa shape index (κ1) is 18.3. The Morgan fingerprint density at radius 2 is 1.75 bits per heavy atom.